The summed E-state index contributed by atoms with van der Waals surface area (Å²) in [7, 11) is 3.70. The van der Waals surface area contributed by atoms with Gasteiger partial charge in [-0.3, -0.25) is 19.2 Å². The van der Waals surface area contributed by atoms with Crippen molar-refractivity contribution in [3.05, 3.63) is 0 Å². The first-order valence-corrected chi connectivity index (χ1v) is 26.1. The van der Waals surface area contributed by atoms with E-state index in [-0.39, 0.29) is 43.4 Å². The average Bonchev–Trinajstić information content (AvgIpc) is 3.26. The Bertz CT molecular complexity index is 1040. The Labute approximate surface area is 385 Å². The van der Waals surface area contributed by atoms with E-state index in [1.54, 1.807) is 0 Å². The number of esters is 5. The van der Waals surface area contributed by atoms with Gasteiger partial charge in [0.1, 0.15) is 6.61 Å². The lowest BCUT2D eigenvalue weighted by Crippen LogP contribution is -2.33. The Morgan fingerprint density at radius 2 is 0.730 bits per heavy atom. The first kappa shape index (κ1) is 60.3. The highest BCUT2D eigenvalue weighted by Crippen LogP contribution is 2.22. The van der Waals surface area contributed by atoms with E-state index in [0.717, 1.165) is 83.5 Å². The summed E-state index contributed by atoms with van der Waals surface area (Å²) in [5.41, 5.74) is 0. The third kappa shape index (κ3) is 38.3. The predicted molar refractivity (Wildman–Crippen MR) is 254 cm³/mol. The number of ether oxygens (including phenoxy) is 5. The molecule has 63 heavy (non-hydrogen) atoms. The van der Waals surface area contributed by atoms with Gasteiger partial charge in [-0.15, -0.1) is 0 Å². The highest BCUT2D eigenvalue weighted by atomic mass is 16.6. The zero-order valence-electron chi connectivity index (χ0n) is 41.6. The smallest absolute Gasteiger partial charge is 0.348 e. The number of hydrogen-bond acceptors (Lipinski definition) is 11. The van der Waals surface area contributed by atoms with Crippen LogP contribution >= 0.6 is 0 Å². The molecule has 0 aromatic carbocycles. The Hall–Kier alpha value is -2.69. The molecular formula is C52H97NO10. The largest absolute Gasteiger partial charge is 0.466 e. The molecule has 0 aliphatic carbocycles. The van der Waals surface area contributed by atoms with Crippen LogP contribution in [0.2, 0.25) is 0 Å². The molecule has 0 radical (unpaired) electrons. The molecule has 0 heterocycles. The molecular weight excluding hydrogens is 799 g/mol. The van der Waals surface area contributed by atoms with E-state index in [4.69, 9.17) is 23.7 Å². The van der Waals surface area contributed by atoms with Crippen LogP contribution in [0.25, 0.3) is 0 Å². The van der Waals surface area contributed by atoms with E-state index in [9.17, 15) is 24.0 Å². The topological polar surface area (TPSA) is 135 Å². The molecule has 0 N–H and O–H groups in total. The first-order valence-electron chi connectivity index (χ1n) is 26.1. The zero-order chi connectivity index (χ0) is 46.6. The van der Waals surface area contributed by atoms with E-state index in [2.05, 4.69) is 27.7 Å². The van der Waals surface area contributed by atoms with E-state index in [0.29, 0.717) is 45.4 Å². The first-order chi connectivity index (χ1) is 30.6. The monoisotopic (exact) mass is 896 g/mol. The summed E-state index contributed by atoms with van der Waals surface area (Å²) in [5.74, 6) is -2.20. The van der Waals surface area contributed by atoms with Crippen molar-refractivity contribution in [2.75, 3.05) is 47.1 Å². The number of unbranched alkanes of at least 4 members (excludes halogenated alkanes) is 21. The molecule has 0 amide bonds. The lowest BCUT2D eigenvalue weighted by Gasteiger charge is -2.18. The van der Waals surface area contributed by atoms with Crippen molar-refractivity contribution in [1.82, 2.24) is 4.90 Å². The van der Waals surface area contributed by atoms with Gasteiger partial charge in [0.25, 0.3) is 0 Å². The van der Waals surface area contributed by atoms with Crippen molar-refractivity contribution in [3.63, 3.8) is 0 Å². The molecule has 0 aromatic rings. The van der Waals surface area contributed by atoms with E-state index >= 15 is 0 Å². The van der Waals surface area contributed by atoms with Gasteiger partial charge >= 0.3 is 29.8 Å². The SMILES string of the molecule is CCCCCCCCC(CCCCCC)C(=O)OCCCCCCC(=O)O[C@@H](CC(=O)OCCCCCOC(=O)C(CCCCCC)CCCCCCCC)C(=O)OCCN(C)C. The zero-order valence-corrected chi connectivity index (χ0v) is 41.6. The van der Waals surface area contributed by atoms with Crippen LogP contribution in [0.4, 0.5) is 0 Å². The van der Waals surface area contributed by atoms with Gasteiger partial charge in [0, 0.05) is 13.0 Å². The second-order valence-electron chi connectivity index (χ2n) is 18.1. The highest BCUT2D eigenvalue weighted by molar-refractivity contribution is 5.84. The van der Waals surface area contributed by atoms with Crippen LogP contribution in [0, 0.1) is 11.8 Å². The van der Waals surface area contributed by atoms with Gasteiger partial charge in [0.2, 0.25) is 6.10 Å². The maximum atomic E-state index is 13.0. The van der Waals surface area contributed by atoms with Crippen molar-refractivity contribution in [2.45, 2.75) is 246 Å². The van der Waals surface area contributed by atoms with Crippen molar-refractivity contribution >= 4 is 29.8 Å². The molecule has 2 unspecified atom stereocenters. The molecule has 11 nitrogen and oxygen atoms in total. The fourth-order valence-electron chi connectivity index (χ4n) is 7.63. The van der Waals surface area contributed by atoms with Crippen LogP contribution in [0.1, 0.15) is 240 Å². The van der Waals surface area contributed by atoms with Crippen LogP contribution in [-0.2, 0) is 47.7 Å². The molecule has 0 saturated carbocycles. The summed E-state index contributed by atoms with van der Waals surface area (Å²) in [6.45, 7) is 10.3. The second-order valence-corrected chi connectivity index (χ2v) is 18.1. The third-order valence-corrected chi connectivity index (χ3v) is 11.8. The molecule has 0 spiro atoms. The maximum absolute atomic E-state index is 13.0. The standard InChI is InChI=1S/C52H97NO10/c1-7-11-15-19-21-28-36-45(34-26-17-13-9-3)50(56)60-41-31-24-23-30-38-48(54)63-47(52(58)62-43-39-53(5)6)44-49(55)59-40-32-25-33-42-61-51(57)46(35-27-18-14-10-4)37-29-22-20-16-12-8-2/h45-47H,7-44H2,1-6H3/t45?,46?,47-/m0/s1. The molecule has 370 valence electrons. The number of carbonyl (C=O) groups is 5. The normalized spacial score (nSPS) is 12.7. The molecule has 11 heteroatoms. The molecule has 0 bridgehead atoms. The minimum atomic E-state index is -1.39. The molecule has 0 aliphatic heterocycles. The van der Waals surface area contributed by atoms with E-state index in [1.807, 2.05) is 19.0 Å². The second kappa shape index (κ2) is 44.5. The molecule has 0 rings (SSSR count). The van der Waals surface area contributed by atoms with E-state index < -0.39 is 30.4 Å². The number of carbonyl (C=O) groups excluding carboxylic acids is 5. The van der Waals surface area contributed by atoms with Crippen LogP contribution < -0.4 is 0 Å². The molecule has 0 fully saturated rings. The summed E-state index contributed by atoms with van der Waals surface area (Å²) < 4.78 is 27.6. The van der Waals surface area contributed by atoms with Crippen molar-refractivity contribution < 1.29 is 47.7 Å². The summed E-state index contributed by atoms with van der Waals surface area (Å²) >= 11 is 0. The minimum absolute atomic E-state index is 0.0204. The molecule has 0 aliphatic rings. The van der Waals surface area contributed by atoms with Gasteiger partial charge in [-0.1, -0.05) is 169 Å². The summed E-state index contributed by atoms with van der Waals surface area (Å²) in [4.78, 5) is 66.2. The quantitative estimate of drug-likeness (QED) is 0.0328. The highest BCUT2D eigenvalue weighted by Gasteiger charge is 2.28. The fraction of sp³-hybridized carbons (Fsp3) is 0.904. The lowest BCUT2D eigenvalue weighted by molar-refractivity contribution is -0.172. The van der Waals surface area contributed by atoms with Gasteiger partial charge in [0.05, 0.1) is 38.1 Å². The lowest BCUT2D eigenvalue weighted by atomic mass is 9.94. The van der Waals surface area contributed by atoms with Crippen LogP contribution in [0.3, 0.4) is 0 Å². The maximum Gasteiger partial charge on any atom is 0.348 e. The van der Waals surface area contributed by atoms with Crippen LogP contribution in [0.15, 0.2) is 0 Å². The van der Waals surface area contributed by atoms with Crippen molar-refractivity contribution in [3.8, 4) is 0 Å². The number of rotatable bonds is 46. The Morgan fingerprint density at radius 3 is 1.17 bits per heavy atom. The fourth-order valence-corrected chi connectivity index (χ4v) is 7.63. The molecule has 0 saturated heterocycles. The van der Waals surface area contributed by atoms with Crippen LogP contribution in [0.5, 0.6) is 0 Å². The summed E-state index contributed by atoms with van der Waals surface area (Å²) in [6, 6.07) is 0. The Balaban J connectivity index is 4.68. The number of hydrogen-bond donors (Lipinski definition) is 0. The van der Waals surface area contributed by atoms with E-state index in [1.165, 1.54) is 89.9 Å². The van der Waals surface area contributed by atoms with Crippen molar-refractivity contribution in [2.24, 2.45) is 11.8 Å². The van der Waals surface area contributed by atoms with Gasteiger partial charge in [0.15, 0.2) is 0 Å². The predicted octanol–water partition coefficient (Wildman–Crippen LogP) is 12.8. The molecule has 0 aromatic heterocycles. The van der Waals surface area contributed by atoms with Gasteiger partial charge in [-0.2, -0.15) is 0 Å². The number of likely N-dealkylation sites (N-methyl/N-ethyl adjacent to an activating group) is 1. The summed E-state index contributed by atoms with van der Waals surface area (Å²) in [6.07, 6.45) is 30.3. The van der Waals surface area contributed by atoms with Gasteiger partial charge in [-0.05, 0) is 71.9 Å². The average molecular weight is 896 g/mol. The van der Waals surface area contributed by atoms with Gasteiger partial charge < -0.3 is 28.6 Å². The summed E-state index contributed by atoms with van der Waals surface area (Å²) in [5, 5.41) is 0. The van der Waals surface area contributed by atoms with Crippen molar-refractivity contribution in [1.29, 1.82) is 0 Å². The minimum Gasteiger partial charge on any atom is -0.466 e. The van der Waals surface area contributed by atoms with Gasteiger partial charge in [-0.25, -0.2) is 4.79 Å². The molecule has 3 atom stereocenters. The Kier molecular flexibility index (Phi) is 42.6. The van der Waals surface area contributed by atoms with Crippen LogP contribution in [-0.4, -0.2) is 87.9 Å². The Morgan fingerprint density at radius 1 is 0.381 bits per heavy atom. The third-order valence-electron chi connectivity index (χ3n) is 11.8. The number of nitrogens with zero attached hydrogens (tertiary/aromatic N) is 1.